The molecule has 2 aromatic carbocycles. The van der Waals surface area contributed by atoms with Gasteiger partial charge in [-0.25, -0.2) is 9.37 Å². The Hall–Kier alpha value is -3.85. The van der Waals surface area contributed by atoms with Crippen LogP contribution in [0.4, 0.5) is 15.8 Å². The highest BCUT2D eigenvalue weighted by Gasteiger charge is 2.31. The normalized spacial score (nSPS) is 16.7. The maximum absolute atomic E-state index is 14.5. The molecule has 0 radical (unpaired) electrons. The number of rotatable bonds is 5. The second-order valence-electron chi connectivity index (χ2n) is 8.81. The number of fused-ring (bicyclic) bond motifs is 1. The van der Waals surface area contributed by atoms with E-state index < -0.39 is 11.7 Å². The van der Waals surface area contributed by atoms with Gasteiger partial charge in [0.2, 0.25) is 5.65 Å². The number of hydrogen-bond acceptors (Lipinski definition) is 6. The van der Waals surface area contributed by atoms with Gasteiger partial charge in [-0.3, -0.25) is 9.69 Å². The summed E-state index contributed by atoms with van der Waals surface area (Å²) in [5.41, 5.74) is 4.02. The number of pyridine rings is 1. The Morgan fingerprint density at radius 3 is 2.53 bits per heavy atom. The molecule has 2 aromatic heterocycles. The first-order chi connectivity index (χ1) is 16.6. The van der Waals surface area contributed by atoms with Crippen LogP contribution >= 0.6 is 0 Å². The summed E-state index contributed by atoms with van der Waals surface area (Å²) in [6.45, 7) is 4.21. The van der Waals surface area contributed by atoms with E-state index in [0.717, 1.165) is 37.9 Å². The quantitative estimate of drug-likeness (QED) is 0.475. The molecule has 3 heterocycles. The third-order valence-electron chi connectivity index (χ3n) is 6.56. The summed E-state index contributed by atoms with van der Waals surface area (Å²) in [5, 5.41) is 13.3. The van der Waals surface area contributed by atoms with E-state index in [4.69, 9.17) is 0 Å². The number of hydrogen-bond donors (Lipinski definition) is 2. The van der Waals surface area contributed by atoms with Crippen LogP contribution in [0.15, 0.2) is 54.6 Å². The molecule has 6 rings (SSSR count). The Bertz CT molecular complexity index is 1340. The summed E-state index contributed by atoms with van der Waals surface area (Å²) in [6, 6.07) is 16.5. The van der Waals surface area contributed by atoms with E-state index in [1.165, 1.54) is 25.0 Å². The molecule has 2 fully saturated rings. The van der Waals surface area contributed by atoms with E-state index in [0.29, 0.717) is 28.1 Å². The van der Waals surface area contributed by atoms with E-state index in [1.54, 1.807) is 18.2 Å². The fraction of sp³-hybridized carbons (Fsp3) is 0.280. The van der Waals surface area contributed by atoms with Crippen molar-refractivity contribution in [1.82, 2.24) is 25.3 Å². The van der Waals surface area contributed by atoms with Crippen LogP contribution in [-0.4, -0.2) is 63.4 Å². The SMILES string of the molecule is O=C(Nc1ccc(N2CCN(C3CC3)CC2)cc1)c1cc(-c2ccc3n[nH]nc3n2)ccc1F. The molecule has 9 heteroatoms. The number of amides is 1. The van der Waals surface area contributed by atoms with Gasteiger partial charge < -0.3 is 10.2 Å². The molecule has 1 saturated carbocycles. The molecule has 2 aliphatic rings. The average Bonchev–Trinajstić information content (AvgIpc) is 3.62. The van der Waals surface area contributed by atoms with Gasteiger partial charge in [0, 0.05) is 49.2 Å². The van der Waals surface area contributed by atoms with Gasteiger partial charge in [0.1, 0.15) is 11.3 Å². The number of nitrogens with one attached hydrogen (secondary N) is 2. The minimum atomic E-state index is -0.589. The maximum atomic E-state index is 14.5. The number of halogens is 1. The van der Waals surface area contributed by atoms with E-state index in [-0.39, 0.29) is 5.56 Å². The fourth-order valence-corrected chi connectivity index (χ4v) is 4.50. The topological polar surface area (TPSA) is 90.0 Å². The molecule has 0 bridgehead atoms. The van der Waals surface area contributed by atoms with Crippen molar-refractivity contribution in [2.75, 3.05) is 36.4 Å². The summed E-state index contributed by atoms with van der Waals surface area (Å²) in [6.07, 6.45) is 2.68. The van der Waals surface area contributed by atoms with Crippen molar-refractivity contribution >= 4 is 28.4 Å². The Balaban J connectivity index is 1.15. The first-order valence-corrected chi connectivity index (χ1v) is 11.5. The first kappa shape index (κ1) is 20.7. The molecule has 1 saturated heterocycles. The average molecular weight is 458 g/mol. The summed E-state index contributed by atoms with van der Waals surface area (Å²) >= 11 is 0. The lowest BCUT2D eigenvalue weighted by Gasteiger charge is -2.36. The van der Waals surface area contributed by atoms with Crippen molar-refractivity contribution < 1.29 is 9.18 Å². The van der Waals surface area contributed by atoms with Gasteiger partial charge in [0.15, 0.2) is 0 Å². The number of benzene rings is 2. The largest absolute Gasteiger partial charge is 0.369 e. The third kappa shape index (κ3) is 4.10. The van der Waals surface area contributed by atoms with Crippen LogP contribution in [0.1, 0.15) is 23.2 Å². The van der Waals surface area contributed by atoms with Crippen molar-refractivity contribution in [1.29, 1.82) is 0 Å². The summed E-state index contributed by atoms with van der Waals surface area (Å²) in [4.78, 5) is 22.2. The Morgan fingerprint density at radius 1 is 0.971 bits per heavy atom. The molecule has 1 amide bonds. The predicted octanol–water partition coefficient (Wildman–Crippen LogP) is 3.70. The molecule has 2 N–H and O–H groups in total. The van der Waals surface area contributed by atoms with Crippen LogP contribution in [0.25, 0.3) is 22.4 Å². The second-order valence-corrected chi connectivity index (χ2v) is 8.81. The van der Waals surface area contributed by atoms with Crippen LogP contribution in [0, 0.1) is 5.82 Å². The molecule has 34 heavy (non-hydrogen) atoms. The monoisotopic (exact) mass is 457 g/mol. The maximum Gasteiger partial charge on any atom is 0.258 e. The van der Waals surface area contributed by atoms with Gasteiger partial charge in [0.25, 0.3) is 5.91 Å². The van der Waals surface area contributed by atoms with E-state index in [2.05, 4.69) is 35.5 Å². The number of carbonyl (C=O) groups is 1. The zero-order chi connectivity index (χ0) is 23.1. The summed E-state index contributed by atoms with van der Waals surface area (Å²) < 4.78 is 14.5. The van der Waals surface area contributed by atoms with Crippen LogP contribution < -0.4 is 10.2 Å². The van der Waals surface area contributed by atoms with Crippen LogP contribution in [0.5, 0.6) is 0 Å². The van der Waals surface area contributed by atoms with Gasteiger partial charge in [-0.2, -0.15) is 10.3 Å². The van der Waals surface area contributed by atoms with Crippen LogP contribution in [0.2, 0.25) is 0 Å². The second kappa shape index (κ2) is 8.49. The number of aromatic nitrogens is 4. The molecule has 8 nitrogen and oxygen atoms in total. The third-order valence-corrected chi connectivity index (χ3v) is 6.56. The fourth-order valence-electron chi connectivity index (χ4n) is 4.50. The molecule has 1 aliphatic heterocycles. The lowest BCUT2D eigenvalue weighted by atomic mass is 10.1. The predicted molar refractivity (Wildman–Crippen MR) is 128 cm³/mol. The van der Waals surface area contributed by atoms with Crippen molar-refractivity contribution in [3.05, 3.63) is 66.0 Å². The molecule has 4 aromatic rings. The molecule has 172 valence electrons. The molecule has 1 aliphatic carbocycles. The number of nitrogens with zero attached hydrogens (tertiary/aromatic N) is 5. The molecule has 0 unspecified atom stereocenters. The molecule has 0 atom stereocenters. The van der Waals surface area contributed by atoms with E-state index in [1.807, 2.05) is 24.3 Å². The van der Waals surface area contributed by atoms with Gasteiger partial charge >= 0.3 is 0 Å². The number of H-pyrrole nitrogens is 1. The smallest absolute Gasteiger partial charge is 0.258 e. The lowest BCUT2D eigenvalue weighted by Crippen LogP contribution is -2.47. The highest BCUT2D eigenvalue weighted by atomic mass is 19.1. The van der Waals surface area contributed by atoms with Crippen molar-refractivity contribution in [3.8, 4) is 11.3 Å². The Labute approximate surface area is 195 Å². The standard InChI is InChI=1S/C25H24FN7O/c26-21-8-1-16(22-9-10-23-24(28-22)30-31-29-23)15-20(21)25(34)27-17-2-4-18(5-3-17)32-11-13-33(14-12-32)19-6-7-19/h1-5,8-10,15,19H,6-7,11-14H2,(H,27,34)(H,28,29,30,31). The molecular weight excluding hydrogens is 433 g/mol. The van der Waals surface area contributed by atoms with Gasteiger partial charge in [0.05, 0.1) is 11.3 Å². The number of anilines is 2. The van der Waals surface area contributed by atoms with Gasteiger partial charge in [-0.1, -0.05) is 0 Å². The number of piperazine rings is 1. The van der Waals surface area contributed by atoms with Crippen molar-refractivity contribution in [3.63, 3.8) is 0 Å². The zero-order valence-electron chi connectivity index (χ0n) is 18.5. The van der Waals surface area contributed by atoms with Gasteiger partial charge in [-0.15, -0.1) is 5.10 Å². The lowest BCUT2D eigenvalue weighted by molar-refractivity contribution is 0.102. The molecular formula is C25H24FN7O. The highest BCUT2D eigenvalue weighted by Crippen LogP contribution is 2.29. The minimum absolute atomic E-state index is 0.0418. The first-order valence-electron chi connectivity index (χ1n) is 11.5. The Morgan fingerprint density at radius 2 is 1.76 bits per heavy atom. The Kier molecular flexibility index (Phi) is 5.18. The number of carbonyl (C=O) groups excluding carboxylic acids is 1. The van der Waals surface area contributed by atoms with Crippen molar-refractivity contribution in [2.24, 2.45) is 0 Å². The highest BCUT2D eigenvalue weighted by molar-refractivity contribution is 6.05. The summed E-state index contributed by atoms with van der Waals surface area (Å²) in [7, 11) is 0. The van der Waals surface area contributed by atoms with Crippen molar-refractivity contribution in [2.45, 2.75) is 18.9 Å². The minimum Gasteiger partial charge on any atom is -0.369 e. The molecule has 0 spiro atoms. The van der Waals surface area contributed by atoms with Gasteiger partial charge in [-0.05, 0) is 67.4 Å². The van der Waals surface area contributed by atoms with E-state index >= 15 is 0 Å². The van der Waals surface area contributed by atoms with E-state index in [9.17, 15) is 9.18 Å². The zero-order valence-corrected chi connectivity index (χ0v) is 18.5. The van der Waals surface area contributed by atoms with Crippen LogP contribution in [0.3, 0.4) is 0 Å². The van der Waals surface area contributed by atoms with Crippen LogP contribution in [-0.2, 0) is 0 Å². The summed E-state index contributed by atoms with van der Waals surface area (Å²) in [5.74, 6) is -1.10. The number of aromatic amines is 1.